The molecule has 3 nitrogen and oxygen atoms in total. The zero-order chi connectivity index (χ0) is 12.0. The monoisotopic (exact) mass is 262 g/mol. The highest BCUT2D eigenvalue weighted by Crippen LogP contribution is 2.34. The molecule has 1 aromatic carbocycles. The summed E-state index contributed by atoms with van der Waals surface area (Å²) in [5.74, 6) is 0.602. The van der Waals surface area contributed by atoms with E-state index in [2.05, 4.69) is 10.6 Å². The van der Waals surface area contributed by atoms with Gasteiger partial charge < -0.3 is 15.4 Å². The van der Waals surface area contributed by atoms with Crippen LogP contribution in [0.1, 0.15) is 5.56 Å². The second kappa shape index (κ2) is 6.97. The fraction of sp³-hybridized carbons (Fsp3) is 0.455. The van der Waals surface area contributed by atoms with Gasteiger partial charge in [0, 0.05) is 19.6 Å². The van der Waals surface area contributed by atoms with Crippen molar-refractivity contribution >= 4 is 23.2 Å². The van der Waals surface area contributed by atoms with Crippen LogP contribution in [0.25, 0.3) is 0 Å². The van der Waals surface area contributed by atoms with E-state index in [1.165, 1.54) is 0 Å². The molecule has 0 atom stereocenters. The number of hydrogen-bond acceptors (Lipinski definition) is 3. The van der Waals surface area contributed by atoms with E-state index in [0.717, 1.165) is 18.7 Å². The lowest BCUT2D eigenvalue weighted by atomic mass is 10.2. The van der Waals surface area contributed by atoms with Gasteiger partial charge in [0.05, 0.1) is 12.1 Å². The van der Waals surface area contributed by atoms with Gasteiger partial charge in [0.1, 0.15) is 10.8 Å². The van der Waals surface area contributed by atoms with Crippen LogP contribution in [0.4, 0.5) is 0 Å². The van der Waals surface area contributed by atoms with Crippen LogP contribution in [-0.2, 0) is 6.54 Å². The molecule has 1 aromatic rings. The molecule has 0 unspecified atom stereocenters. The highest BCUT2D eigenvalue weighted by atomic mass is 35.5. The molecule has 0 aliphatic carbocycles. The van der Waals surface area contributed by atoms with Gasteiger partial charge in [-0.1, -0.05) is 29.3 Å². The molecule has 0 aliphatic heterocycles. The molecule has 0 saturated carbocycles. The summed E-state index contributed by atoms with van der Waals surface area (Å²) in [5.41, 5.74) is 0.976. The number of ether oxygens (including phenoxy) is 1. The standard InChI is InChI=1S/C11H16Cl2N2O/c1-14-5-6-15-7-8-3-4-9(16-2)11(13)10(8)12/h3-4,14-15H,5-7H2,1-2H3. The fourth-order valence-electron chi connectivity index (χ4n) is 1.30. The minimum atomic E-state index is 0.470. The number of likely N-dealkylation sites (N-methyl/N-ethyl adjacent to an activating group) is 1. The average molecular weight is 263 g/mol. The Hall–Kier alpha value is -0.480. The van der Waals surface area contributed by atoms with Crippen molar-refractivity contribution in [2.24, 2.45) is 0 Å². The average Bonchev–Trinajstić information content (AvgIpc) is 2.30. The Morgan fingerprint density at radius 1 is 1.19 bits per heavy atom. The topological polar surface area (TPSA) is 33.3 Å². The zero-order valence-corrected chi connectivity index (χ0v) is 11.0. The lowest BCUT2D eigenvalue weighted by Crippen LogP contribution is -2.24. The van der Waals surface area contributed by atoms with Crippen LogP contribution in [0.2, 0.25) is 10.0 Å². The Kier molecular flexibility index (Phi) is 5.91. The maximum atomic E-state index is 6.12. The van der Waals surface area contributed by atoms with Gasteiger partial charge in [-0.25, -0.2) is 0 Å². The van der Waals surface area contributed by atoms with Gasteiger partial charge in [0.25, 0.3) is 0 Å². The van der Waals surface area contributed by atoms with E-state index < -0.39 is 0 Å². The van der Waals surface area contributed by atoms with Crippen molar-refractivity contribution in [3.8, 4) is 5.75 Å². The van der Waals surface area contributed by atoms with Gasteiger partial charge in [-0.2, -0.15) is 0 Å². The molecule has 0 fully saturated rings. The molecule has 5 heteroatoms. The van der Waals surface area contributed by atoms with Gasteiger partial charge >= 0.3 is 0 Å². The molecule has 0 saturated heterocycles. The second-order valence-electron chi connectivity index (χ2n) is 3.34. The number of methoxy groups -OCH3 is 1. The van der Waals surface area contributed by atoms with Crippen molar-refractivity contribution in [1.82, 2.24) is 10.6 Å². The lowest BCUT2D eigenvalue weighted by molar-refractivity contribution is 0.415. The van der Waals surface area contributed by atoms with Crippen LogP contribution >= 0.6 is 23.2 Å². The van der Waals surface area contributed by atoms with Crippen molar-refractivity contribution in [2.45, 2.75) is 6.54 Å². The van der Waals surface area contributed by atoms with Crippen LogP contribution in [0, 0.1) is 0 Å². The molecular formula is C11H16Cl2N2O. The number of rotatable bonds is 6. The van der Waals surface area contributed by atoms with Gasteiger partial charge in [-0.3, -0.25) is 0 Å². The molecule has 1 rings (SSSR count). The summed E-state index contributed by atoms with van der Waals surface area (Å²) in [5, 5.41) is 7.34. The Bertz CT molecular complexity index is 345. The third-order valence-corrected chi connectivity index (χ3v) is 3.12. The Balaban J connectivity index is 2.64. The van der Waals surface area contributed by atoms with E-state index in [1.807, 2.05) is 19.2 Å². The molecule has 0 aliphatic rings. The molecule has 0 amide bonds. The minimum Gasteiger partial charge on any atom is -0.495 e. The van der Waals surface area contributed by atoms with Crippen molar-refractivity contribution in [2.75, 3.05) is 27.2 Å². The van der Waals surface area contributed by atoms with E-state index in [4.69, 9.17) is 27.9 Å². The largest absolute Gasteiger partial charge is 0.495 e. The van der Waals surface area contributed by atoms with Gasteiger partial charge in [-0.15, -0.1) is 0 Å². The molecule has 0 bridgehead atoms. The van der Waals surface area contributed by atoms with Crippen LogP contribution in [0.3, 0.4) is 0 Å². The summed E-state index contributed by atoms with van der Waals surface area (Å²) >= 11 is 12.2. The van der Waals surface area contributed by atoms with Crippen LogP contribution in [-0.4, -0.2) is 27.2 Å². The number of nitrogens with one attached hydrogen (secondary N) is 2. The minimum absolute atomic E-state index is 0.470. The molecule has 2 N–H and O–H groups in total. The predicted molar refractivity (Wildman–Crippen MR) is 68.6 cm³/mol. The van der Waals surface area contributed by atoms with E-state index in [9.17, 15) is 0 Å². The Morgan fingerprint density at radius 3 is 2.56 bits per heavy atom. The van der Waals surface area contributed by atoms with Crippen LogP contribution in [0.15, 0.2) is 12.1 Å². The van der Waals surface area contributed by atoms with E-state index >= 15 is 0 Å². The second-order valence-corrected chi connectivity index (χ2v) is 4.09. The first-order chi connectivity index (χ1) is 7.70. The Labute approximate surface area is 106 Å². The molecule has 0 spiro atoms. The van der Waals surface area contributed by atoms with E-state index in [0.29, 0.717) is 22.3 Å². The van der Waals surface area contributed by atoms with Gasteiger partial charge in [0.2, 0.25) is 0 Å². The SMILES string of the molecule is CNCCNCc1ccc(OC)c(Cl)c1Cl. The maximum absolute atomic E-state index is 6.12. The third kappa shape index (κ3) is 3.52. The summed E-state index contributed by atoms with van der Waals surface area (Å²) in [4.78, 5) is 0. The Morgan fingerprint density at radius 2 is 1.94 bits per heavy atom. The van der Waals surface area contributed by atoms with Crippen LogP contribution < -0.4 is 15.4 Å². The van der Waals surface area contributed by atoms with E-state index in [-0.39, 0.29) is 0 Å². The summed E-state index contributed by atoms with van der Waals surface area (Å²) in [7, 11) is 3.49. The normalized spacial score (nSPS) is 10.5. The summed E-state index contributed by atoms with van der Waals surface area (Å²) in [6.07, 6.45) is 0. The molecule has 0 aromatic heterocycles. The number of halogens is 2. The quantitative estimate of drug-likeness (QED) is 0.773. The molecule has 16 heavy (non-hydrogen) atoms. The first-order valence-corrected chi connectivity index (χ1v) is 5.82. The predicted octanol–water partition coefficient (Wildman–Crippen LogP) is 2.31. The van der Waals surface area contributed by atoms with Crippen molar-refractivity contribution < 1.29 is 4.74 Å². The first kappa shape index (κ1) is 13.6. The first-order valence-electron chi connectivity index (χ1n) is 5.07. The highest BCUT2D eigenvalue weighted by molar-refractivity contribution is 6.43. The van der Waals surface area contributed by atoms with Gasteiger partial charge in [-0.05, 0) is 18.7 Å². The number of benzene rings is 1. The van der Waals surface area contributed by atoms with Crippen molar-refractivity contribution in [3.05, 3.63) is 27.7 Å². The highest BCUT2D eigenvalue weighted by Gasteiger charge is 2.09. The molecule has 0 heterocycles. The third-order valence-electron chi connectivity index (χ3n) is 2.21. The maximum Gasteiger partial charge on any atom is 0.138 e. The number of hydrogen-bond donors (Lipinski definition) is 2. The summed E-state index contributed by atoms with van der Waals surface area (Å²) < 4.78 is 5.08. The summed E-state index contributed by atoms with van der Waals surface area (Å²) in [6, 6.07) is 3.74. The molecule has 0 radical (unpaired) electrons. The van der Waals surface area contributed by atoms with Crippen molar-refractivity contribution in [1.29, 1.82) is 0 Å². The lowest BCUT2D eigenvalue weighted by Gasteiger charge is -2.10. The smallest absolute Gasteiger partial charge is 0.138 e. The van der Waals surface area contributed by atoms with Gasteiger partial charge in [0.15, 0.2) is 0 Å². The summed E-state index contributed by atoms with van der Waals surface area (Å²) in [6.45, 7) is 2.50. The molecule has 90 valence electrons. The zero-order valence-electron chi connectivity index (χ0n) is 9.44. The van der Waals surface area contributed by atoms with E-state index in [1.54, 1.807) is 7.11 Å². The fourth-order valence-corrected chi connectivity index (χ4v) is 1.79. The van der Waals surface area contributed by atoms with Crippen molar-refractivity contribution in [3.63, 3.8) is 0 Å². The molecular weight excluding hydrogens is 247 g/mol. The van der Waals surface area contributed by atoms with Crippen LogP contribution in [0.5, 0.6) is 5.75 Å².